The lowest BCUT2D eigenvalue weighted by Gasteiger charge is -2.14. The minimum atomic E-state index is -0.649. The van der Waals surface area contributed by atoms with E-state index >= 15 is 0 Å². The van der Waals surface area contributed by atoms with Crippen LogP contribution in [0.3, 0.4) is 0 Å². The molecule has 0 fully saturated rings. The number of amides is 1. The predicted octanol–water partition coefficient (Wildman–Crippen LogP) is 1.88. The summed E-state index contributed by atoms with van der Waals surface area (Å²) in [7, 11) is 1.31. The molecule has 0 aliphatic rings. The molecule has 0 aliphatic heterocycles. The van der Waals surface area contributed by atoms with E-state index in [0.717, 1.165) is 6.07 Å². The van der Waals surface area contributed by atoms with Crippen molar-refractivity contribution in [3.05, 3.63) is 33.9 Å². The van der Waals surface area contributed by atoms with Crippen LogP contribution in [-0.2, 0) is 0 Å². The summed E-state index contributed by atoms with van der Waals surface area (Å²) in [4.78, 5) is 22.2. The lowest BCUT2D eigenvalue weighted by molar-refractivity contribution is -0.385. The Bertz CT molecular complexity index is 563. The lowest BCUT2D eigenvalue weighted by atomic mass is 10.1. The van der Waals surface area contributed by atoms with Gasteiger partial charge in [-0.25, -0.2) is 0 Å². The Morgan fingerprint density at radius 2 is 2.15 bits per heavy atom. The number of nitrogens with zero attached hydrogens (tertiary/aromatic N) is 2. The molecule has 0 bridgehead atoms. The van der Waals surface area contributed by atoms with Gasteiger partial charge in [-0.05, 0) is 18.1 Å². The van der Waals surface area contributed by atoms with Gasteiger partial charge in [-0.3, -0.25) is 14.9 Å². The van der Waals surface area contributed by atoms with Gasteiger partial charge >= 0.3 is 5.69 Å². The normalized spacial score (nSPS) is 11.6. The van der Waals surface area contributed by atoms with Crippen molar-refractivity contribution in [3.63, 3.8) is 0 Å². The molecular formula is C13H15N3O4. The molecule has 0 saturated heterocycles. The monoisotopic (exact) mass is 277 g/mol. The number of methoxy groups -OCH3 is 1. The number of hydrogen-bond acceptors (Lipinski definition) is 5. The van der Waals surface area contributed by atoms with Crippen LogP contribution < -0.4 is 10.1 Å². The second-order valence-corrected chi connectivity index (χ2v) is 4.47. The number of nitro benzene ring substituents is 1. The SMILES string of the molecule is COc1ccc(C(=O)NC(C#N)C(C)C)cc1[N+](=O)[O-]. The van der Waals surface area contributed by atoms with Crippen LogP contribution in [-0.4, -0.2) is 24.0 Å². The molecular weight excluding hydrogens is 262 g/mol. The Hall–Kier alpha value is -2.62. The summed E-state index contributed by atoms with van der Waals surface area (Å²) < 4.78 is 4.86. The first-order valence-corrected chi connectivity index (χ1v) is 5.93. The second-order valence-electron chi connectivity index (χ2n) is 4.47. The molecule has 1 amide bonds. The summed E-state index contributed by atoms with van der Waals surface area (Å²) in [6.45, 7) is 3.59. The molecule has 1 aromatic carbocycles. The third kappa shape index (κ3) is 3.45. The molecule has 0 aliphatic carbocycles. The number of ether oxygens (including phenoxy) is 1. The highest BCUT2D eigenvalue weighted by Crippen LogP contribution is 2.27. The molecule has 0 saturated carbocycles. The first-order chi connectivity index (χ1) is 9.40. The molecule has 106 valence electrons. The molecule has 1 aromatic rings. The molecule has 0 heterocycles. The van der Waals surface area contributed by atoms with Gasteiger partial charge in [0.25, 0.3) is 5.91 Å². The standard InChI is InChI=1S/C13H15N3O4/c1-8(2)10(7-14)15-13(17)9-4-5-12(20-3)11(6-9)16(18)19/h4-6,8,10H,1-3H3,(H,15,17). The first-order valence-electron chi connectivity index (χ1n) is 5.93. The molecule has 1 rings (SSSR count). The van der Waals surface area contributed by atoms with Crippen molar-refractivity contribution in [2.24, 2.45) is 5.92 Å². The maximum atomic E-state index is 12.0. The number of rotatable bonds is 5. The quantitative estimate of drug-likeness (QED) is 0.653. The molecule has 20 heavy (non-hydrogen) atoms. The highest BCUT2D eigenvalue weighted by Gasteiger charge is 2.21. The van der Waals surface area contributed by atoms with Gasteiger partial charge in [0.2, 0.25) is 0 Å². The number of nitrogens with one attached hydrogen (secondary N) is 1. The first kappa shape index (κ1) is 15.4. The summed E-state index contributed by atoms with van der Waals surface area (Å²) in [5.74, 6) is -0.513. The Morgan fingerprint density at radius 1 is 1.50 bits per heavy atom. The Balaban J connectivity index is 3.03. The highest BCUT2D eigenvalue weighted by molar-refractivity contribution is 5.95. The van der Waals surface area contributed by atoms with E-state index in [4.69, 9.17) is 10.00 Å². The van der Waals surface area contributed by atoms with E-state index in [2.05, 4.69) is 5.32 Å². The Morgan fingerprint density at radius 3 is 2.60 bits per heavy atom. The summed E-state index contributed by atoms with van der Waals surface area (Å²) in [5.41, 5.74) is -0.184. The predicted molar refractivity (Wildman–Crippen MR) is 71.4 cm³/mol. The summed E-state index contributed by atoms with van der Waals surface area (Å²) >= 11 is 0. The molecule has 1 atom stereocenters. The van der Waals surface area contributed by atoms with Crippen molar-refractivity contribution in [3.8, 4) is 11.8 Å². The Labute approximate surface area is 116 Å². The van der Waals surface area contributed by atoms with E-state index in [-0.39, 0.29) is 22.9 Å². The van der Waals surface area contributed by atoms with Crippen molar-refractivity contribution in [2.45, 2.75) is 19.9 Å². The van der Waals surface area contributed by atoms with Gasteiger partial charge in [0, 0.05) is 11.6 Å². The van der Waals surface area contributed by atoms with Crippen molar-refractivity contribution >= 4 is 11.6 Å². The fraction of sp³-hybridized carbons (Fsp3) is 0.385. The zero-order chi connectivity index (χ0) is 15.3. The van der Waals surface area contributed by atoms with E-state index < -0.39 is 16.9 Å². The highest BCUT2D eigenvalue weighted by atomic mass is 16.6. The number of carbonyl (C=O) groups excluding carboxylic acids is 1. The van der Waals surface area contributed by atoms with Gasteiger partial charge in [-0.15, -0.1) is 0 Å². The van der Waals surface area contributed by atoms with Crippen LogP contribution >= 0.6 is 0 Å². The second kappa shape index (κ2) is 6.52. The third-order valence-corrected chi connectivity index (χ3v) is 2.73. The van der Waals surface area contributed by atoms with E-state index in [1.165, 1.54) is 19.2 Å². The minimum Gasteiger partial charge on any atom is -0.490 e. The number of hydrogen-bond donors (Lipinski definition) is 1. The molecule has 0 aromatic heterocycles. The lowest BCUT2D eigenvalue weighted by Crippen LogP contribution is -2.37. The maximum absolute atomic E-state index is 12.0. The van der Waals surface area contributed by atoms with Crippen LogP contribution in [0.2, 0.25) is 0 Å². The van der Waals surface area contributed by atoms with Crippen LogP contribution in [0.25, 0.3) is 0 Å². The van der Waals surface area contributed by atoms with E-state index in [1.807, 2.05) is 6.07 Å². The molecule has 1 unspecified atom stereocenters. The van der Waals surface area contributed by atoms with Gasteiger partial charge in [0.1, 0.15) is 6.04 Å². The average Bonchev–Trinajstić information content (AvgIpc) is 2.43. The van der Waals surface area contributed by atoms with Crippen LogP contribution in [0.5, 0.6) is 5.75 Å². The number of nitriles is 1. The maximum Gasteiger partial charge on any atom is 0.311 e. The number of nitro groups is 1. The van der Waals surface area contributed by atoms with Crippen LogP contribution in [0.4, 0.5) is 5.69 Å². The third-order valence-electron chi connectivity index (χ3n) is 2.73. The van der Waals surface area contributed by atoms with Crippen molar-refractivity contribution in [1.82, 2.24) is 5.32 Å². The van der Waals surface area contributed by atoms with Crippen molar-refractivity contribution in [2.75, 3.05) is 7.11 Å². The van der Waals surface area contributed by atoms with Crippen molar-refractivity contribution in [1.29, 1.82) is 5.26 Å². The zero-order valence-corrected chi connectivity index (χ0v) is 11.4. The van der Waals surface area contributed by atoms with Gasteiger partial charge in [0.15, 0.2) is 5.75 Å². The van der Waals surface area contributed by atoms with Gasteiger partial charge in [-0.1, -0.05) is 13.8 Å². The Kier molecular flexibility index (Phi) is 5.03. The fourth-order valence-corrected chi connectivity index (χ4v) is 1.55. The topological polar surface area (TPSA) is 105 Å². The van der Waals surface area contributed by atoms with E-state index in [0.29, 0.717) is 0 Å². The van der Waals surface area contributed by atoms with E-state index in [1.54, 1.807) is 13.8 Å². The van der Waals surface area contributed by atoms with Gasteiger partial charge < -0.3 is 10.1 Å². The van der Waals surface area contributed by atoms with Gasteiger partial charge in [0.05, 0.1) is 18.1 Å². The van der Waals surface area contributed by atoms with Crippen LogP contribution in [0.1, 0.15) is 24.2 Å². The number of carbonyl (C=O) groups is 1. The van der Waals surface area contributed by atoms with E-state index in [9.17, 15) is 14.9 Å². The van der Waals surface area contributed by atoms with Crippen molar-refractivity contribution < 1.29 is 14.5 Å². The summed E-state index contributed by atoms with van der Waals surface area (Å²) in [6, 6.07) is 5.21. The van der Waals surface area contributed by atoms with Crippen LogP contribution in [0, 0.1) is 27.4 Å². The smallest absolute Gasteiger partial charge is 0.311 e. The molecule has 7 heteroatoms. The summed E-state index contributed by atoms with van der Waals surface area (Å²) in [6.07, 6.45) is 0. The molecule has 0 radical (unpaired) electrons. The molecule has 7 nitrogen and oxygen atoms in total. The number of benzene rings is 1. The zero-order valence-electron chi connectivity index (χ0n) is 11.4. The average molecular weight is 277 g/mol. The van der Waals surface area contributed by atoms with Gasteiger partial charge in [-0.2, -0.15) is 5.26 Å². The molecule has 0 spiro atoms. The molecule has 1 N–H and O–H groups in total. The minimum absolute atomic E-state index is 0.0582. The largest absolute Gasteiger partial charge is 0.490 e. The fourth-order valence-electron chi connectivity index (χ4n) is 1.55. The summed E-state index contributed by atoms with van der Waals surface area (Å²) in [5, 5.41) is 22.3. The van der Waals surface area contributed by atoms with Crippen LogP contribution in [0.15, 0.2) is 18.2 Å².